The van der Waals surface area contributed by atoms with E-state index in [4.69, 9.17) is 0 Å². The third kappa shape index (κ3) is 5.50. The minimum absolute atomic E-state index is 0.0579. The van der Waals surface area contributed by atoms with Crippen LogP contribution < -0.4 is 5.32 Å². The highest BCUT2D eigenvalue weighted by atomic mass is 16.3. The number of likely N-dealkylation sites (N-methyl/N-ethyl adjacent to an activating group) is 1. The topological polar surface area (TPSA) is 52.6 Å². The van der Waals surface area contributed by atoms with Crippen molar-refractivity contribution in [3.8, 4) is 0 Å². The van der Waals surface area contributed by atoms with Crippen LogP contribution in [0.4, 0.5) is 0 Å². The van der Waals surface area contributed by atoms with Gasteiger partial charge >= 0.3 is 0 Å². The van der Waals surface area contributed by atoms with Crippen LogP contribution in [0.2, 0.25) is 0 Å². The predicted molar refractivity (Wildman–Crippen MR) is 68.8 cm³/mol. The van der Waals surface area contributed by atoms with Crippen LogP contribution in [-0.2, 0) is 4.79 Å². The van der Waals surface area contributed by atoms with Crippen molar-refractivity contribution in [1.29, 1.82) is 0 Å². The lowest BCUT2D eigenvalue weighted by molar-refractivity contribution is -0.122. The number of nitrogens with zero attached hydrogens (tertiary/aromatic N) is 1. The van der Waals surface area contributed by atoms with E-state index in [0.717, 1.165) is 45.1 Å². The summed E-state index contributed by atoms with van der Waals surface area (Å²) in [7, 11) is 1.90. The Morgan fingerprint density at radius 2 is 2.06 bits per heavy atom. The van der Waals surface area contributed by atoms with Gasteiger partial charge in [0.2, 0.25) is 5.91 Å². The van der Waals surface area contributed by atoms with E-state index in [-0.39, 0.29) is 5.91 Å². The van der Waals surface area contributed by atoms with Crippen LogP contribution in [0.25, 0.3) is 0 Å². The van der Waals surface area contributed by atoms with Gasteiger partial charge in [-0.2, -0.15) is 0 Å². The number of hydrogen-bond donors (Lipinski definition) is 2. The van der Waals surface area contributed by atoms with Crippen molar-refractivity contribution in [2.24, 2.45) is 0 Å². The monoisotopic (exact) mass is 242 g/mol. The largest absolute Gasteiger partial charge is 0.389 e. The van der Waals surface area contributed by atoms with Crippen molar-refractivity contribution in [3.05, 3.63) is 0 Å². The Labute approximate surface area is 104 Å². The number of carbonyl (C=O) groups excluding carboxylic acids is 1. The first-order chi connectivity index (χ1) is 8.06. The normalized spacial score (nSPS) is 18.6. The van der Waals surface area contributed by atoms with Gasteiger partial charge in [-0.25, -0.2) is 0 Å². The second kappa shape index (κ2) is 6.97. The molecule has 1 aliphatic carbocycles. The summed E-state index contributed by atoms with van der Waals surface area (Å²) in [5.74, 6) is 0.0579. The predicted octanol–water partition coefficient (Wildman–Crippen LogP) is 1.14. The average Bonchev–Trinajstić information content (AvgIpc) is 2.64. The second-order valence-electron chi connectivity index (χ2n) is 5.31. The lowest BCUT2D eigenvalue weighted by Gasteiger charge is -2.28. The van der Waals surface area contributed by atoms with Crippen LogP contribution in [0.15, 0.2) is 0 Å². The van der Waals surface area contributed by atoms with Crippen molar-refractivity contribution in [2.45, 2.75) is 51.0 Å². The van der Waals surface area contributed by atoms with Gasteiger partial charge in [-0.15, -0.1) is 0 Å². The molecule has 1 fully saturated rings. The van der Waals surface area contributed by atoms with E-state index in [0.29, 0.717) is 13.1 Å². The Morgan fingerprint density at radius 3 is 2.65 bits per heavy atom. The molecular weight excluding hydrogens is 216 g/mol. The minimum Gasteiger partial charge on any atom is -0.389 e. The summed E-state index contributed by atoms with van der Waals surface area (Å²) in [5.41, 5.74) is -0.557. The van der Waals surface area contributed by atoms with E-state index >= 15 is 0 Å². The molecule has 2 N–H and O–H groups in total. The highest BCUT2D eigenvalue weighted by molar-refractivity contribution is 5.77. The van der Waals surface area contributed by atoms with Gasteiger partial charge in [0.1, 0.15) is 0 Å². The summed E-state index contributed by atoms with van der Waals surface area (Å²) in [5, 5.41) is 13.1. The molecule has 0 aromatic heterocycles. The van der Waals surface area contributed by atoms with Crippen LogP contribution in [0.5, 0.6) is 0 Å². The molecule has 0 bridgehead atoms. The van der Waals surface area contributed by atoms with Crippen LogP contribution in [0.1, 0.15) is 45.4 Å². The van der Waals surface area contributed by atoms with Crippen LogP contribution in [-0.4, -0.2) is 48.2 Å². The van der Waals surface area contributed by atoms with E-state index in [1.54, 1.807) is 0 Å². The highest BCUT2D eigenvalue weighted by Crippen LogP contribution is 2.29. The van der Waals surface area contributed by atoms with Crippen molar-refractivity contribution in [2.75, 3.05) is 26.7 Å². The average molecular weight is 242 g/mol. The Bertz CT molecular complexity index is 238. The van der Waals surface area contributed by atoms with E-state index < -0.39 is 5.60 Å². The third-order valence-corrected chi connectivity index (χ3v) is 3.36. The standard InChI is InChI=1S/C13H26N2O2/c1-3-4-9-14-12(16)10-15(2)11-13(17)7-5-6-8-13/h17H,3-11H2,1-2H3,(H,14,16). The summed E-state index contributed by atoms with van der Waals surface area (Å²) in [4.78, 5) is 13.5. The quantitative estimate of drug-likeness (QED) is 0.658. The number of carbonyl (C=O) groups is 1. The maximum absolute atomic E-state index is 11.6. The molecule has 0 aliphatic heterocycles. The Kier molecular flexibility index (Phi) is 5.92. The van der Waals surface area contributed by atoms with E-state index in [1.807, 2.05) is 11.9 Å². The van der Waals surface area contributed by atoms with Gasteiger partial charge in [-0.3, -0.25) is 9.69 Å². The molecule has 1 aliphatic rings. The molecule has 1 rings (SSSR count). The van der Waals surface area contributed by atoms with E-state index in [1.165, 1.54) is 0 Å². The van der Waals surface area contributed by atoms with Gasteiger partial charge < -0.3 is 10.4 Å². The van der Waals surface area contributed by atoms with E-state index in [9.17, 15) is 9.90 Å². The van der Waals surface area contributed by atoms with Gasteiger partial charge in [0, 0.05) is 13.1 Å². The summed E-state index contributed by atoms with van der Waals surface area (Å²) in [6.07, 6.45) is 6.07. The Balaban J connectivity index is 2.19. The minimum atomic E-state index is -0.557. The SMILES string of the molecule is CCCCNC(=O)CN(C)CC1(O)CCCC1. The maximum Gasteiger partial charge on any atom is 0.234 e. The first kappa shape index (κ1) is 14.5. The van der Waals surface area contributed by atoms with Gasteiger partial charge in [-0.1, -0.05) is 26.2 Å². The Hall–Kier alpha value is -0.610. The molecule has 0 spiro atoms. The lowest BCUT2D eigenvalue weighted by Crippen LogP contribution is -2.43. The fourth-order valence-corrected chi connectivity index (χ4v) is 2.46. The second-order valence-corrected chi connectivity index (χ2v) is 5.31. The fourth-order valence-electron chi connectivity index (χ4n) is 2.46. The van der Waals surface area contributed by atoms with Crippen molar-refractivity contribution in [1.82, 2.24) is 10.2 Å². The molecular formula is C13H26N2O2. The molecule has 0 heterocycles. The van der Waals surface area contributed by atoms with Gasteiger partial charge in [-0.05, 0) is 26.3 Å². The fraction of sp³-hybridized carbons (Fsp3) is 0.923. The van der Waals surface area contributed by atoms with Crippen molar-refractivity contribution in [3.63, 3.8) is 0 Å². The number of amides is 1. The molecule has 4 nitrogen and oxygen atoms in total. The third-order valence-electron chi connectivity index (χ3n) is 3.36. The smallest absolute Gasteiger partial charge is 0.234 e. The molecule has 100 valence electrons. The van der Waals surface area contributed by atoms with Crippen LogP contribution >= 0.6 is 0 Å². The zero-order chi connectivity index (χ0) is 12.7. The van der Waals surface area contributed by atoms with Gasteiger partial charge in [0.15, 0.2) is 0 Å². The molecule has 17 heavy (non-hydrogen) atoms. The Morgan fingerprint density at radius 1 is 1.41 bits per heavy atom. The molecule has 0 saturated heterocycles. The molecule has 0 unspecified atom stereocenters. The molecule has 4 heteroatoms. The molecule has 1 amide bonds. The summed E-state index contributed by atoms with van der Waals surface area (Å²) >= 11 is 0. The van der Waals surface area contributed by atoms with Crippen LogP contribution in [0, 0.1) is 0 Å². The number of aliphatic hydroxyl groups is 1. The van der Waals surface area contributed by atoms with Gasteiger partial charge in [0.05, 0.1) is 12.1 Å². The van der Waals surface area contributed by atoms with Crippen LogP contribution in [0.3, 0.4) is 0 Å². The molecule has 0 aromatic carbocycles. The number of rotatable bonds is 7. The zero-order valence-corrected chi connectivity index (χ0v) is 11.2. The first-order valence-corrected chi connectivity index (χ1v) is 6.73. The molecule has 0 atom stereocenters. The van der Waals surface area contributed by atoms with Gasteiger partial charge in [0.25, 0.3) is 0 Å². The highest BCUT2D eigenvalue weighted by Gasteiger charge is 2.32. The summed E-state index contributed by atoms with van der Waals surface area (Å²) < 4.78 is 0. The zero-order valence-electron chi connectivity index (χ0n) is 11.2. The lowest BCUT2D eigenvalue weighted by atomic mass is 10.0. The molecule has 0 aromatic rings. The number of nitrogens with one attached hydrogen (secondary N) is 1. The van der Waals surface area contributed by atoms with E-state index in [2.05, 4.69) is 12.2 Å². The van der Waals surface area contributed by atoms with Crippen molar-refractivity contribution >= 4 is 5.91 Å². The van der Waals surface area contributed by atoms with Crippen molar-refractivity contribution < 1.29 is 9.90 Å². The number of hydrogen-bond acceptors (Lipinski definition) is 3. The number of unbranched alkanes of at least 4 members (excludes halogenated alkanes) is 1. The summed E-state index contributed by atoms with van der Waals surface area (Å²) in [6.45, 7) is 3.85. The molecule has 0 radical (unpaired) electrons. The first-order valence-electron chi connectivity index (χ1n) is 6.73. The molecule has 1 saturated carbocycles. The maximum atomic E-state index is 11.6. The summed E-state index contributed by atoms with van der Waals surface area (Å²) in [6, 6.07) is 0.